The number of rotatable bonds is 7. The number of carboxylic acids is 1. The van der Waals surface area contributed by atoms with Gasteiger partial charge in [-0.05, 0) is 76.8 Å². The quantitative estimate of drug-likeness (QED) is 0.289. The summed E-state index contributed by atoms with van der Waals surface area (Å²) in [7, 11) is 0. The molecule has 3 aromatic carbocycles. The summed E-state index contributed by atoms with van der Waals surface area (Å²) in [6, 6.07) is 16.2. The van der Waals surface area contributed by atoms with Crippen LogP contribution in [0.25, 0.3) is 0 Å². The first-order valence-corrected chi connectivity index (χ1v) is 12.5. The molecule has 4 atom stereocenters. The summed E-state index contributed by atoms with van der Waals surface area (Å²) in [6.07, 6.45) is -0.971. The van der Waals surface area contributed by atoms with Crippen molar-refractivity contribution in [3.8, 4) is 5.75 Å². The third kappa shape index (κ3) is 5.64. The van der Waals surface area contributed by atoms with Crippen molar-refractivity contribution in [2.75, 3.05) is 6.61 Å². The van der Waals surface area contributed by atoms with E-state index < -0.39 is 36.4 Å². The Bertz CT molecular complexity index is 1280. The zero-order valence-corrected chi connectivity index (χ0v) is 21.7. The van der Waals surface area contributed by atoms with E-state index in [2.05, 4.69) is 22.5 Å². The summed E-state index contributed by atoms with van der Waals surface area (Å²) in [4.78, 5) is 11.2. The van der Waals surface area contributed by atoms with Crippen LogP contribution < -0.4 is 4.74 Å². The van der Waals surface area contributed by atoms with Crippen molar-refractivity contribution in [1.29, 1.82) is 0 Å². The second-order valence-electron chi connectivity index (χ2n) is 8.83. The minimum absolute atomic E-state index is 0.0524. The van der Waals surface area contributed by atoms with E-state index in [1.54, 1.807) is 24.3 Å². The van der Waals surface area contributed by atoms with Crippen molar-refractivity contribution in [2.24, 2.45) is 5.92 Å². The number of hydrogen-bond donors (Lipinski definition) is 1. The van der Waals surface area contributed by atoms with Gasteiger partial charge in [-0.25, -0.2) is 13.6 Å². The zero-order chi connectivity index (χ0) is 26.0. The van der Waals surface area contributed by atoms with Gasteiger partial charge in [0.25, 0.3) is 0 Å². The van der Waals surface area contributed by atoms with Crippen molar-refractivity contribution in [1.82, 2.24) is 0 Å². The molecule has 1 N–H and O–H groups in total. The fourth-order valence-electron chi connectivity index (χ4n) is 4.71. The van der Waals surface area contributed by atoms with E-state index in [1.165, 1.54) is 24.3 Å². The molecule has 1 aliphatic rings. The molecule has 4 nitrogen and oxygen atoms in total. The van der Waals surface area contributed by atoms with Gasteiger partial charge < -0.3 is 14.6 Å². The Morgan fingerprint density at radius 1 is 1.14 bits per heavy atom. The SMILES string of the molecule is C=C(C)[C@H]1C[C@H](c2ccc(Cl)cc2)[C@H](c2cccc(F)c2)O[C@@H]1c1c(F)ccc(Br)c1OCC(=O)O. The van der Waals surface area contributed by atoms with E-state index in [-0.39, 0.29) is 23.1 Å². The van der Waals surface area contributed by atoms with Crippen LogP contribution in [-0.2, 0) is 9.53 Å². The molecule has 0 aromatic heterocycles. The summed E-state index contributed by atoms with van der Waals surface area (Å²) < 4.78 is 42.2. The van der Waals surface area contributed by atoms with Crippen molar-refractivity contribution in [2.45, 2.75) is 31.5 Å². The summed E-state index contributed by atoms with van der Waals surface area (Å²) >= 11 is 9.47. The van der Waals surface area contributed by atoms with E-state index in [9.17, 15) is 9.18 Å². The Hall–Kier alpha value is -2.74. The van der Waals surface area contributed by atoms with Gasteiger partial charge in [-0.2, -0.15) is 0 Å². The molecule has 1 aliphatic heterocycles. The van der Waals surface area contributed by atoms with E-state index in [1.807, 2.05) is 19.1 Å². The van der Waals surface area contributed by atoms with Gasteiger partial charge in [-0.3, -0.25) is 0 Å². The topological polar surface area (TPSA) is 55.8 Å². The molecule has 0 bridgehead atoms. The maximum absolute atomic E-state index is 15.4. The van der Waals surface area contributed by atoms with Crippen LogP contribution in [0.2, 0.25) is 5.02 Å². The lowest BCUT2D eigenvalue weighted by molar-refractivity contribution is -0.139. The second-order valence-corrected chi connectivity index (χ2v) is 10.1. The third-order valence-corrected chi connectivity index (χ3v) is 7.24. The monoisotopic (exact) mass is 576 g/mol. The number of carbonyl (C=O) groups is 1. The van der Waals surface area contributed by atoms with E-state index in [4.69, 9.17) is 26.2 Å². The first-order valence-electron chi connectivity index (χ1n) is 11.3. The van der Waals surface area contributed by atoms with Crippen LogP contribution in [0.3, 0.4) is 0 Å². The van der Waals surface area contributed by atoms with Crippen LogP contribution in [0.5, 0.6) is 5.75 Å². The molecule has 36 heavy (non-hydrogen) atoms. The van der Waals surface area contributed by atoms with E-state index in [0.717, 1.165) is 11.1 Å². The minimum Gasteiger partial charge on any atom is -0.480 e. The van der Waals surface area contributed by atoms with Crippen LogP contribution >= 0.6 is 27.5 Å². The van der Waals surface area contributed by atoms with E-state index in [0.29, 0.717) is 21.5 Å². The predicted octanol–water partition coefficient (Wildman–Crippen LogP) is 8.02. The summed E-state index contributed by atoms with van der Waals surface area (Å²) in [5, 5.41) is 9.74. The standard InChI is InChI=1S/C28H24BrClF2O4/c1-15(2)20-13-21(16-6-8-18(30)9-7-16)26(17-4-3-5-19(31)12-17)36-27(20)25-23(32)11-10-22(29)28(25)35-14-24(33)34/h3-12,20-21,26-27H,1,13-14H2,2H3,(H,33,34)/t20-,21-,26+,27+/m1/s1. The first-order chi connectivity index (χ1) is 17.2. The summed E-state index contributed by atoms with van der Waals surface area (Å²) in [6.45, 7) is 5.33. The van der Waals surface area contributed by atoms with Gasteiger partial charge in [-0.15, -0.1) is 0 Å². The van der Waals surface area contributed by atoms with Gasteiger partial charge in [0.1, 0.15) is 17.4 Å². The molecule has 0 aliphatic carbocycles. The number of aliphatic carboxylic acids is 1. The molecule has 0 saturated carbocycles. The highest BCUT2D eigenvalue weighted by Crippen LogP contribution is 2.54. The van der Waals surface area contributed by atoms with Gasteiger partial charge in [0.2, 0.25) is 0 Å². The molecule has 4 rings (SSSR count). The summed E-state index contributed by atoms with van der Waals surface area (Å²) in [5.74, 6) is -2.70. The minimum atomic E-state index is -1.20. The van der Waals surface area contributed by atoms with E-state index >= 15 is 4.39 Å². The normalized spacial score (nSPS) is 21.7. The average Bonchev–Trinajstić information content (AvgIpc) is 2.84. The number of halogens is 4. The second kappa shape index (κ2) is 11.1. The Morgan fingerprint density at radius 2 is 1.86 bits per heavy atom. The molecule has 1 fully saturated rings. The molecule has 0 radical (unpaired) electrons. The lowest BCUT2D eigenvalue weighted by Crippen LogP contribution is -2.32. The van der Waals surface area contributed by atoms with Gasteiger partial charge in [0.05, 0.1) is 22.2 Å². The van der Waals surface area contributed by atoms with Crippen molar-refractivity contribution >= 4 is 33.5 Å². The molecule has 188 valence electrons. The predicted molar refractivity (Wildman–Crippen MR) is 137 cm³/mol. The highest BCUT2D eigenvalue weighted by atomic mass is 79.9. The van der Waals surface area contributed by atoms with Gasteiger partial charge in [-0.1, -0.05) is 48.0 Å². The molecule has 0 unspecified atom stereocenters. The average molecular weight is 578 g/mol. The van der Waals surface area contributed by atoms with Crippen LogP contribution in [-0.4, -0.2) is 17.7 Å². The molecule has 8 heteroatoms. The third-order valence-electron chi connectivity index (χ3n) is 6.36. The number of ether oxygens (including phenoxy) is 2. The van der Waals surface area contributed by atoms with Crippen LogP contribution in [0, 0.1) is 17.6 Å². The summed E-state index contributed by atoms with van der Waals surface area (Å²) in [5.41, 5.74) is 2.40. The Morgan fingerprint density at radius 3 is 2.50 bits per heavy atom. The molecule has 0 spiro atoms. The van der Waals surface area contributed by atoms with Crippen LogP contribution in [0.4, 0.5) is 8.78 Å². The number of benzene rings is 3. The molecular formula is C28H24BrClF2O4. The highest BCUT2D eigenvalue weighted by molar-refractivity contribution is 9.10. The molecular weight excluding hydrogens is 554 g/mol. The smallest absolute Gasteiger partial charge is 0.341 e. The molecule has 0 amide bonds. The first kappa shape index (κ1) is 26.3. The van der Waals surface area contributed by atoms with Gasteiger partial charge in [0.15, 0.2) is 6.61 Å². The molecule has 1 heterocycles. The fourth-order valence-corrected chi connectivity index (χ4v) is 5.29. The number of hydrogen-bond acceptors (Lipinski definition) is 3. The lowest BCUT2D eigenvalue weighted by atomic mass is 9.74. The van der Waals surface area contributed by atoms with Gasteiger partial charge >= 0.3 is 5.97 Å². The van der Waals surface area contributed by atoms with Gasteiger partial charge in [0, 0.05) is 16.9 Å². The van der Waals surface area contributed by atoms with Crippen molar-refractivity contribution < 1.29 is 28.2 Å². The molecule has 1 saturated heterocycles. The van der Waals surface area contributed by atoms with Crippen molar-refractivity contribution in [3.05, 3.63) is 111 Å². The number of carboxylic acid groups (broad SMARTS) is 1. The Balaban J connectivity index is 1.85. The Labute approximate surface area is 221 Å². The maximum Gasteiger partial charge on any atom is 0.341 e. The lowest BCUT2D eigenvalue weighted by Gasteiger charge is -2.43. The fraction of sp³-hybridized carbons (Fsp3) is 0.250. The zero-order valence-electron chi connectivity index (χ0n) is 19.4. The van der Waals surface area contributed by atoms with Crippen molar-refractivity contribution in [3.63, 3.8) is 0 Å². The van der Waals surface area contributed by atoms with Crippen LogP contribution in [0.15, 0.2) is 77.3 Å². The van der Waals surface area contributed by atoms with Crippen LogP contribution in [0.1, 0.15) is 48.2 Å². The maximum atomic E-state index is 15.4. The Kier molecular flexibility index (Phi) is 8.13. The largest absolute Gasteiger partial charge is 0.480 e. The highest BCUT2D eigenvalue weighted by Gasteiger charge is 2.43. The molecule has 3 aromatic rings.